The summed E-state index contributed by atoms with van der Waals surface area (Å²) in [4.78, 5) is 4.25. The molecule has 1 atom stereocenters. The number of likely N-dealkylation sites (N-methyl/N-ethyl adjacent to an activating group) is 2. The van der Waals surface area contributed by atoms with Gasteiger partial charge in [-0.2, -0.15) is 0 Å². The van der Waals surface area contributed by atoms with E-state index in [4.69, 9.17) is 0 Å². The van der Waals surface area contributed by atoms with Crippen LogP contribution in [-0.4, -0.2) is 48.3 Å². The Morgan fingerprint density at radius 2 is 1.90 bits per heavy atom. The third kappa shape index (κ3) is 2.52. The highest BCUT2D eigenvalue weighted by atomic mass is 16.3. The van der Waals surface area contributed by atoms with E-state index in [2.05, 4.69) is 50.2 Å². The lowest BCUT2D eigenvalue weighted by Crippen LogP contribution is -2.39. The summed E-state index contributed by atoms with van der Waals surface area (Å²) in [5.41, 5.74) is 7.63. The maximum atomic E-state index is 10.4. The van der Waals surface area contributed by atoms with Crippen molar-refractivity contribution < 1.29 is 5.11 Å². The van der Waals surface area contributed by atoms with Gasteiger partial charge in [-0.25, -0.2) is 0 Å². The molecule has 0 saturated carbocycles. The van der Waals surface area contributed by atoms with Crippen LogP contribution < -0.4 is 0 Å². The summed E-state index contributed by atoms with van der Waals surface area (Å²) in [5.74, 6) is 0. The minimum absolute atomic E-state index is 0.469. The molecule has 3 heteroatoms. The Hall–Kier alpha value is -1.58. The molecule has 0 aromatic heterocycles. The number of aryl methyl sites for hydroxylation is 2. The van der Waals surface area contributed by atoms with Gasteiger partial charge in [0.25, 0.3) is 0 Å². The van der Waals surface area contributed by atoms with Crippen molar-refractivity contribution in [3.63, 3.8) is 0 Å². The first-order chi connectivity index (χ1) is 9.97. The zero-order chi connectivity index (χ0) is 15.1. The highest BCUT2D eigenvalue weighted by molar-refractivity contribution is 5.82. The lowest BCUT2D eigenvalue weighted by Gasteiger charge is -2.38. The molecule has 3 rings (SSSR count). The van der Waals surface area contributed by atoms with Crippen molar-refractivity contribution in [3.05, 3.63) is 52.2 Å². The molecular formula is C18H24N2O. The van der Waals surface area contributed by atoms with E-state index in [9.17, 15) is 5.11 Å². The van der Waals surface area contributed by atoms with Gasteiger partial charge in [0.15, 0.2) is 0 Å². The van der Waals surface area contributed by atoms with Crippen LogP contribution in [0.15, 0.2) is 35.5 Å². The first kappa shape index (κ1) is 14.4. The molecular weight excluding hydrogens is 260 g/mol. The first-order valence-electron chi connectivity index (χ1n) is 7.57. The molecule has 2 aliphatic rings. The standard InChI is InChI=1S/C18H24N2O/c1-12-5-6-14(9-13(12)2)16-11-20(4)18(21)15-7-8-19(3)10-17(15)16/h5-6,9,11,18,21H,7-8,10H2,1-4H3. The van der Waals surface area contributed by atoms with Crippen LogP contribution in [0.4, 0.5) is 0 Å². The zero-order valence-corrected chi connectivity index (χ0v) is 13.3. The van der Waals surface area contributed by atoms with Crippen LogP contribution in [-0.2, 0) is 0 Å². The van der Waals surface area contributed by atoms with Gasteiger partial charge in [0.05, 0.1) is 0 Å². The Bertz CT molecular complexity index is 630. The third-order valence-corrected chi connectivity index (χ3v) is 4.75. The molecule has 1 aromatic rings. The van der Waals surface area contributed by atoms with E-state index in [-0.39, 0.29) is 0 Å². The van der Waals surface area contributed by atoms with Gasteiger partial charge in [-0.15, -0.1) is 0 Å². The van der Waals surface area contributed by atoms with E-state index in [1.54, 1.807) is 0 Å². The summed E-state index contributed by atoms with van der Waals surface area (Å²) >= 11 is 0. The second kappa shape index (κ2) is 5.32. The van der Waals surface area contributed by atoms with Gasteiger partial charge in [0.2, 0.25) is 0 Å². The van der Waals surface area contributed by atoms with Gasteiger partial charge in [-0.3, -0.25) is 0 Å². The van der Waals surface area contributed by atoms with E-state index in [1.165, 1.54) is 33.4 Å². The number of aliphatic hydroxyl groups is 1. The number of hydrogen-bond acceptors (Lipinski definition) is 3. The van der Waals surface area contributed by atoms with Crippen LogP contribution in [0.5, 0.6) is 0 Å². The molecule has 2 aliphatic heterocycles. The third-order valence-electron chi connectivity index (χ3n) is 4.75. The smallest absolute Gasteiger partial charge is 0.149 e. The molecule has 1 aromatic carbocycles. The lowest BCUT2D eigenvalue weighted by molar-refractivity contribution is 0.0777. The maximum absolute atomic E-state index is 10.4. The predicted octanol–water partition coefficient (Wildman–Crippen LogP) is 2.54. The largest absolute Gasteiger partial charge is 0.370 e. The average molecular weight is 284 g/mol. The molecule has 0 amide bonds. The molecule has 1 N–H and O–H groups in total. The number of rotatable bonds is 1. The van der Waals surface area contributed by atoms with Crippen molar-refractivity contribution in [2.75, 3.05) is 27.2 Å². The second-order valence-electron chi connectivity index (χ2n) is 6.37. The minimum atomic E-state index is -0.469. The first-order valence-corrected chi connectivity index (χ1v) is 7.57. The monoisotopic (exact) mass is 284 g/mol. The van der Waals surface area contributed by atoms with E-state index < -0.39 is 6.23 Å². The highest BCUT2D eigenvalue weighted by Gasteiger charge is 2.30. The zero-order valence-electron chi connectivity index (χ0n) is 13.3. The summed E-state index contributed by atoms with van der Waals surface area (Å²) in [6.07, 6.45) is 2.57. The molecule has 0 fully saturated rings. The van der Waals surface area contributed by atoms with Crippen LogP contribution in [0.2, 0.25) is 0 Å². The van der Waals surface area contributed by atoms with Crippen molar-refractivity contribution in [2.24, 2.45) is 0 Å². The van der Waals surface area contributed by atoms with Crippen LogP contribution in [0.25, 0.3) is 5.57 Å². The maximum Gasteiger partial charge on any atom is 0.149 e. The minimum Gasteiger partial charge on any atom is -0.370 e. The molecule has 0 spiro atoms. The Morgan fingerprint density at radius 3 is 2.62 bits per heavy atom. The Morgan fingerprint density at radius 1 is 1.14 bits per heavy atom. The molecule has 0 aliphatic carbocycles. The fraction of sp³-hybridized carbons (Fsp3) is 0.444. The van der Waals surface area contributed by atoms with E-state index in [0.29, 0.717) is 0 Å². The fourth-order valence-corrected chi connectivity index (χ4v) is 3.21. The normalized spacial score (nSPS) is 23.2. The summed E-state index contributed by atoms with van der Waals surface area (Å²) in [6, 6.07) is 6.63. The van der Waals surface area contributed by atoms with Gasteiger partial charge in [0.1, 0.15) is 6.23 Å². The van der Waals surface area contributed by atoms with Crippen LogP contribution >= 0.6 is 0 Å². The molecule has 3 nitrogen and oxygen atoms in total. The van der Waals surface area contributed by atoms with Crippen molar-refractivity contribution >= 4 is 5.57 Å². The average Bonchev–Trinajstić information content (AvgIpc) is 2.46. The summed E-state index contributed by atoms with van der Waals surface area (Å²) in [7, 11) is 4.10. The number of benzene rings is 1. The van der Waals surface area contributed by atoms with Crippen LogP contribution in [0.1, 0.15) is 23.1 Å². The predicted molar refractivity (Wildman–Crippen MR) is 86.8 cm³/mol. The number of aliphatic hydroxyl groups excluding tert-OH is 1. The summed E-state index contributed by atoms with van der Waals surface area (Å²) in [6.45, 7) is 6.23. The molecule has 0 bridgehead atoms. The van der Waals surface area contributed by atoms with Gasteiger partial charge in [0, 0.05) is 31.9 Å². The second-order valence-corrected chi connectivity index (χ2v) is 6.37. The molecule has 1 unspecified atom stereocenters. The van der Waals surface area contributed by atoms with Crippen molar-refractivity contribution in [3.8, 4) is 0 Å². The van der Waals surface area contributed by atoms with Crippen molar-refractivity contribution in [1.82, 2.24) is 9.80 Å². The van der Waals surface area contributed by atoms with Gasteiger partial charge in [-0.05, 0) is 55.2 Å². The van der Waals surface area contributed by atoms with Crippen LogP contribution in [0, 0.1) is 13.8 Å². The topological polar surface area (TPSA) is 26.7 Å². The van der Waals surface area contributed by atoms with E-state index >= 15 is 0 Å². The van der Waals surface area contributed by atoms with Crippen molar-refractivity contribution in [2.45, 2.75) is 26.5 Å². The van der Waals surface area contributed by atoms with Gasteiger partial charge < -0.3 is 14.9 Å². The summed E-state index contributed by atoms with van der Waals surface area (Å²) < 4.78 is 0. The molecule has 0 saturated heterocycles. The fourth-order valence-electron chi connectivity index (χ4n) is 3.21. The highest BCUT2D eigenvalue weighted by Crippen LogP contribution is 2.36. The molecule has 0 radical (unpaired) electrons. The lowest BCUT2D eigenvalue weighted by atomic mass is 9.86. The SMILES string of the molecule is Cc1ccc(C2=CN(C)C(O)C3=C2CN(C)CC3)cc1C. The molecule has 2 heterocycles. The number of hydrogen-bond donors (Lipinski definition) is 1. The van der Waals surface area contributed by atoms with E-state index in [0.717, 1.165) is 19.5 Å². The molecule has 21 heavy (non-hydrogen) atoms. The van der Waals surface area contributed by atoms with Gasteiger partial charge >= 0.3 is 0 Å². The quantitative estimate of drug-likeness (QED) is 0.858. The van der Waals surface area contributed by atoms with Crippen LogP contribution in [0.3, 0.4) is 0 Å². The summed E-state index contributed by atoms with van der Waals surface area (Å²) in [5, 5.41) is 10.4. The van der Waals surface area contributed by atoms with Crippen molar-refractivity contribution in [1.29, 1.82) is 0 Å². The molecule has 112 valence electrons. The Balaban J connectivity index is 2.09. The van der Waals surface area contributed by atoms with Gasteiger partial charge in [-0.1, -0.05) is 18.2 Å². The number of nitrogens with zero attached hydrogens (tertiary/aromatic N) is 2. The Kier molecular flexibility index (Phi) is 3.64. The Labute approximate surface area is 127 Å². The van der Waals surface area contributed by atoms with E-state index in [1.807, 2.05) is 11.9 Å².